The zero-order chi connectivity index (χ0) is 15.5. The second-order valence-corrected chi connectivity index (χ2v) is 5.13. The summed E-state index contributed by atoms with van der Waals surface area (Å²) in [5.41, 5.74) is 2.78. The lowest BCUT2D eigenvalue weighted by Gasteiger charge is -2.05. The van der Waals surface area contributed by atoms with Crippen LogP contribution in [0.1, 0.15) is 23.9 Å². The molecule has 4 nitrogen and oxygen atoms in total. The monoisotopic (exact) mass is 291 g/mol. The molecule has 0 bridgehead atoms. The average Bonchev–Trinajstić information content (AvgIpc) is 2.55. The van der Waals surface area contributed by atoms with Crippen LogP contribution in [-0.4, -0.2) is 15.9 Å². The Hall–Kier alpha value is -2.75. The fourth-order valence-electron chi connectivity index (χ4n) is 2.33. The van der Waals surface area contributed by atoms with Crippen LogP contribution in [0.4, 0.5) is 0 Å². The van der Waals surface area contributed by atoms with E-state index >= 15 is 0 Å². The summed E-state index contributed by atoms with van der Waals surface area (Å²) in [5, 5.41) is 4.87. The minimum absolute atomic E-state index is 0.149. The summed E-state index contributed by atoms with van der Waals surface area (Å²) in [7, 11) is 0. The summed E-state index contributed by atoms with van der Waals surface area (Å²) >= 11 is 0. The van der Waals surface area contributed by atoms with Gasteiger partial charge in [0.25, 0.3) is 5.56 Å². The molecule has 0 saturated carbocycles. The lowest BCUT2D eigenvalue weighted by Crippen LogP contribution is -2.20. The van der Waals surface area contributed by atoms with E-state index in [-0.39, 0.29) is 5.56 Å². The van der Waals surface area contributed by atoms with Crippen molar-refractivity contribution in [2.24, 2.45) is 5.10 Å². The van der Waals surface area contributed by atoms with E-state index in [9.17, 15) is 4.79 Å². The second kappa shape index (κ2) is 5.93. The van der Waals surface area contributed by atoms with Crippen LogP contribution in [0.2, 0.25) is 0 Å². The number of rotatable bonds is 3. The fourth-order valence-corrected chi connectivity index (χ4v) is 2.33. The molecular weight excluding hydrogens is 274 g/mol. The minimum Gasteiger partial charge on any atom is -0.267 e. The maximum atomic E-state index is 12.5. The normalized spacial score (nSPS) is 11.4. The zero-order valence-corrected chi connectivity index (χ0v) is 12.7. The van der Waals surface area contributed by atoms with Gasteiger partial charge < -0.3 is 0 Å². The molecule has 0 atom stereocenters. The molecule has 0 saturated heterocycles. The van der Waals surface area contributed by atoms with Crippen molar-refractivity contribution in [2.75, 3.05) is 0 Å². The van der Waals surface area contributed by atoms with E-state index in [1.165, 1.54) is 10.2 Å². The number of nitrogens with zero attached hydrogens (tertiary/aromatic N) is 3. The summed E-state index contributed by atoms with van der Waals surface area (Å²) < 4.78 is 1.34. The molecule has 0 aliphatic heterocycles. The van der Waals surface area contributed by atoms with E-state index in [1.54, 1.807) is 19.2 Å². The fraction of sp³-hybridized carbons (Fsp3) is 0.167. The standard InChI is InChI=1S/C18H17N3O/c1-3-14-8-10-15(11-9-14)12-19-21-13(2)20-17-7-5-4-6-16(17)18(21)22/h4-12H,3H2,1-2H3. The van der Waals surface area contributed by atoms with E-state index in [4.69, 9.17) is 0 Å². The molecule has 22 heavy (non-hydrogen) atoms. The van der Waals surface area contributed by atoms with E-state index in [0.717, 1.165) is 12.0 Å². The Kier molecular flexibility index (Phi) is 3.83. The van der Waals surface area contributed by atoms with Crippen molar-refractivity contribution in [3.05, 3.63) is 75.8 Å². The van der Waals surface area contributed by atoms with Crippen LogP contribution in [-0.2, 0) is 6.42 Å². The Morgan fingerprint density at radius 3 is 2.59 bits per heavy atom. The van der Waals surface area contributed by atoms with Crippen molar-refractivity contribution in [3.8, 4) is 0 Å². The van der Waals surface area contributed by atoms with Crippen LogP contribution in [0.5, 0.6) is 0 Å². The smallest absolute Gasteiger partial charge is 0.267 e. The maximum Gasteiger partial charge on any atom is 0.282 e. The third kappa shape index (κ3) is 2.68. The van der Waals surface area contributed by atoms with Gasteiger partial charge in [0, 0.05) is 0 Å². The molecule has 4 heteroatoms. The van der Waals surface area contributed by atoms with Gasteiger partial charge in [-0.3, -0.25) is 4.79 Å². The lowest BCUT2D eigenvalue weighted by atomic mass is 10.1. The van der Waals surface area contributed by atoms with Crippen molar-refractivity contribution in [1.29, 1.82) is 0 Å². The Labute approximate surface area is 128 Å². The highest BCUT2D eigenvalue weighted by atomic mass is 16.1. The quantitative estimate of drug-likeness (QED) is 0.696. The Morgan fingerprint density at radius 1 is 1.14 bits per heavy atom. The first kappa shape index (κ1) is 14.2. The number of hydrogen-bond acceptors (Lipinski definition) is 3. The van der Waals surface area contributed by atoms with Gasteiger partial charge in [-0.2, -0.15) is 9.78 Å². The van der Waals surface area contributed by atoms with E-state index in [1.807, 2.05) is 30.3 Å². The van der Waals surface area contributed by atoms with E-state index < -0.39 is 0 Å². The molecule has 1 aromatic heterocycles. The highest BCUT2D eigenvalue weighted by Gasteiger charge is 2.06. The van der Waals surface area contributed by atoms with Gasteiger partial charge in [0.05, 0.1) is 17.1 Å². The number of fused-ring (bicyclic) bond motifs is 1. The first-order valence-electron chi connectivity index (χ1n) is 7.30. The van der Waals surface area contributed by atoms with Crippen LogP contribution in [0, 0.1) is 6.92 Å². The highest BCUT2D eigenvalue weighted by molar-refractivity contribution is 5.80. The van der Waals surface area contributed by atoms with Gasteiger partial charge in [0.1, 0.15) is 5.82 Å². The van der Waals surface area contributed by atoms with Crippen molar-refractivity contribution < 1.29 is 0 Å². The Bertz CT molecular complexity index is 892. The van der Waals surface area contributed by atoms with Gasteiger partial charge >= 0.3 is 0 Å². The average molecular weight is 291 g/mol. The number of benzene rings is 2. The number of aromatic nitrogens is 2. The van der Waals surface area contributed by atoms with Crippen molar-refractivity contribution in [1.82, 2.24) is 9.66 Å². The second-order valence-electron chi connectivity index (χ2n) is 5.13. The predicted octanol–water partition coefficient (Wildman–Crippen LogP) is 3.15. The van der Waals surface area contributed by atoms with Crippen LogP contribution < -0.4 is 5.56 Å². The molecule has 0 unspecified atom stereocenters. The topological polar surface area (TPSA) is 47.2 Å². The molecule has 3 aromatic rings. The largest absolute Gasteiger partial charge is 0.282 e. The molecule has 0 aliphatic carbocycles. The SMILES string of the molecule is CCc1ccc(C=Nn2c(C)nc3ccccc3c2=O)cc1. The van der Waals surface area contributed by atoms with Crippen molar-refractivity contribution >= 4 is 17.1 Å². The molecule has 0 N–H and O–H groups in total. The van der Waals surface area contributed by atoms with E-state index in [0.29, 0.717) is 16.7 Å². The number of para-hydroxylation sites is 1. The summed E-state index contributed by atoms with van der Waals surface area (Å²) in [6.07, 6.45) is 2.69. The number of hydrogen-bond donors (Lipinski definition) is 0. The maximum absolute atomic E-state index is 12.5. The molecule has 2 aromatic carbocycles. The van der Waals surface area contributed by atoms with Gasteiger partial charge in [0.2, 0.25) is 0 Å². The Morgan fingerprint density at radius 2 is 1.86 bits per heavy atom. The minimum atomic E-state index is -0.149. The molecule has 0 amide bonds. The summed E-state index contributed by atoms with van der Waals surface area (Å²) in [6.45, 7) is 3.90. The van der Waals surface area contributed by atoms with Gasteiger partial charge in [-0.15, -0.1) is 0 Å². The van der Waals surface area contributed by atoms with Crippen LogP contribution in [0.3, 0.4) is 0 Å². The number of aryl methyl sites for hydroxylation is 2. The third-order valence-electron chi connectivity index (χ3n) is 3.63. The van der Waals surface area contributed by atoms with Crippen LogP contribution >= 0.6 is 0 Å². The lowest BCUT2D eigenvalue weighted by molar-refractivity contribution is 0.771. The molecule has 3 rings (SSSR count). The van der Waals surface area contributed by atoms with Crippen LogP contribution in [0.15, 0.2) is 58.4 Å². The van der Waals surface area contributed by atoms with Gasteiger partial charge in [-0.1, -0.05) is 43.3 Å². The van der Waals surface area contributed by atoms with Crippen molar-refractivity contribution in [2.45, 2.75) is 20.3 Å². The third-order valence-corrected chi connectivity index (χ3v) is 3.63. The van der Waals surface area contributed by atoms with Crippen LogP contribution in [0.25, 0.3) is 10.9 Å². The van der Waals surface area contributed by atoms with Gasteiger partial charge in [-0.05, 0) is 36.6 Å². The highest BCUT2D eigenvalue weighted by Crippen LogP contribution is 2.07. The molecule has 0 spiro atoms. The Balaban J connectivity index is 2.02. The summed E-state index contributed by atoms with van der Waals surface area (Å²) in [5.74, 6) is 0.574. The predicted molar refractivity (Wildman–Crippen MR) is 89.6 cm³/mol. The molecule has 0 aliphatic rings. The molecule has 1 heterocycles. The van der Waals surface area contributed by atoms with Gasteiger partial charge in [-0.25, -0.2) is 4.98 Å². The first-order valence-corrected chi connectivity index (χ1v) is 7.30. The molecule has 110 valence electrons. The van der Waals surface area contributed by atoms with E-state index in [2.05, 4.69) is 29.1 Å². The first-order chi connectivity index (χ1) is 10.7. The zero-order valence-electron chi connectivity index (χ0n) is 12.7. The van der Waals surface area contributed by atoms with Crippen molar-refractivity contribution in [3.63, 3.8) is 0 Å². The molecular formula is C18H17N3O. The summed E-state index contributed by atoms with van der Waals surface area (Å²) in [6, 6.07) is 15.4. The molecule has 0 radical (unpaired) electrons. The summed E-state index contributed by atoms with van der Waals surface area (Å²) in [4.78, 5) is 16.9. The molecule has 0 fully saturated rings. The van der Waals surface area contributed by atoms with Gasteiger partial charge in [0.15, 0.2) is 0 Å².